The number of aromatic nitrogens is 1. The molecule has 0 radical (unpaired) electrons. The van der Waals surface area contributed by atoms with Crippen molar-refractivity contribution in [2.24, 2.45) is 0 Å². The number of fused-ring (bicyclic) bond motifs is 5. The van der Waals surface area contributed by atoms with Crippen molar-refractivity contribution in [2.45, 2.75) is 0 Å². The summed E-state index contributed by atoms with van der Waals surface area (Å²) in [4.78, 5) is 18.3. The van der Waals surface area contributed by atoms with E-state index in [2.05, 4.69) is 33.4 Å². The van der Waals surface area contributed by atoms with Gasteiger partial charge in [0.05, 0.1) is 0 Å². The highest BCUT2D eigenvalue weighted by Gasteiger charge is 2.15. The SMILES string of the molecule is CN(C)CCNC(=O)c1cc2[nH]c3ccccc3c2c2ccccc12. The van der Waals surface area contributed by atoms with E-state index in [1.165, 1.54) is 10.8 Å². The number of hydrogen-bond donors (Lipinski definition) is 2. The van der Waals surface area contributed by atoms with Crippen molar-refractivity contribution < 1.29 is 4.79 Å². The van der Waals surface area contributed by atoms with Crippen molar-refractivity contribution in [3.05, 3.63) is 60.2 Å². The molecule has 0 atom stereocenters. The normalized spacial score (nSPS) is 11.6. The van der Waals surface area contributed by atoms with Gasteiger partial charge in [0.1, 0.15) is 0 Å². The van der Waals surface area contributed by atoms with Crippen LogP contribution in [0, 0.1) is 0 Å². The van der Waals surface area contributed by atoms with Gasteiger partial charge in [-0.2, -0.15) is 0 Å². The number of rotatable bonds is 4. The predicted molar refractivity (Wildman–Crippen MR) is 104 cm³/mol. The molecule has 0 saturated heterocycles. The molecule has 4 heteroatoms. The van der Waals surface area contributed by atoms with Crippen molar-refractivity contribution >= 4 is 38.5 Å². The van der Waals surface area contributed by atoms with Crippen molar-refractivity contribution in [1.29, 1.82) is 0 Å². The summed E-state index contributed by atoms with van der Waals surface area (Å²) in [6, 6.07) is 18.4. The number of H-pyrrole nitrogens is 1. The van der Waals surface area contributed by atoms with E-state index in [0.29, 0.717) is 12.1 Å². The fourth-order valence-electron chi connectivity index (χ4n) is 3.40. The number of benzene rings is 3. The van der Waals surface area contributed by atoms with Gasteiger partial charge in [0.2, 0.25) is 0 Å². The molecular formula is C21H21N3O. The summed E-state index contributed by atoms with van der Waals surface area (Å²) >= 11 is 0. The fraction of sp³-hybridized carbons (Fsp3) is 0.190. The standard InChI is InChI=1S/C21H21N3O/c1-24(2)12-11-22-21(25)17-13-19-20(15-8-4-3-7-14(15)17)16-9-5-6-10-18(16)23-19/h3-10,13,23H,11-12H2,1-2H3,(H,22,25). The lowest BCUT2D eigenvalue weighted by atomic mass is 9.98. The Balaban J connectivity index is 1.89. The third-order valence-corrected chi connectivity index (χ3v) is 4.60. The lowest BCUT2D eigenvalue weighted by molar-refractivity contribution is 0.0953. The van der Waals surface area contributed by atoms with Crippen LogP contribution < -0.4 is 5.32 Å². The minimum absolute atomic E-state index is 0.0291. The fourth-order valence-corrected chi connectivity index (χ4v) is 3.40. The number of nitrogens with zero attached hydrogens (tertiary/aromatic N) is 1. The number of nitrogens with one attached hydrogen (secondary N) is 2. The monoisotopic (exact) mass is 331 g/mol. The first-order valence-corrected chi connectivity index (χ1v) is 8.50. The largest absolute Gasteiger partial charge is 0.354 e. The van der Waals surface area contributed by atoms with Gasteiger partial charge in [-0.15, -0.1) is 0 Å². The summed E-state index contributed by atoms with van der Waals surface area (Å²) in [6.45, 7) is 1.45. The van der Waals surface area contributed by atoms with Gasteiger partial charge in [0.15, 0.2) is 0 Å². The second-order valence-electron chi connectivity index (χ2n) is 6.62. The highest BCUT2D eigenvalue weighted by Crippen LogP contribution is 2.34. The van der Waals surface area contributed by atoms with Crippen LogP contribution in [0.25, 0.3) is 32.6 Å². The van der Waals surface area contributed by atoms with E-state index in [9.17, 15) is 4.79 Å². The average molecular weight is 331 g/mol. The van der Waals surface area contributed by atoms with Crippen LogP contribution in [-0.2, 0) is 0 Å². The van der Waals surface area contributed by atoms with E-state index in [-0.39, 0.29) is 5.91 Å². The van der Waals surface area contributed by atoms with Crippen LogP contribution in [0.1, 0.15) is 10.4 Å². The first-order chi connectivity index (χ1) is 12.1. The summed E-state index contributed by atoms with van der Waals surface area (Å²) in [6.07, 6.45) is 0. The molecule has 0 spiro atoms. The minimum Gasteiger partial charge on any atom is -0.354 e. The number of carbonyl (C=O) groups excluding carboxylic acids is 1. The third kappa shape index (κ3) is 2.75. The van der Waals surface area contributed by atoms with Crippen LogP contribution in [0.2, 0.25) is 0 Å². The lowest BCUT2D eigenvalue weighted by Gasteiger charge is -2.12. The Morgan fingerprint density at radius 1 is 0.960 bits per heavy atom. The van der Waals surface area contributed by atoms with Gasteiger partial charge in [-0.25, -0.2) is 0 Å². The molecule has 3 aromatic carbocycles. The van der Waals surface area contributed by atoms with Crippen LogP contribution in [0.5, 0.6) is 0 Å². The highest BCUT2D eigenvalue weighted by molar-refractivity contribution is 6.24. The van der Waals surface area contributed by atoms with Gasteiger partial charge in [0.25, 0.3) is 5.91 Å². The van der Waals surface area contributed by atoms with Crippen LogP contribution in [0.4, 0.5) is 0 Å². The Morgan fingerprint density at radius 3 is 2.40 bits per heavy atom. The number of hydrogen-bond acceptors (Lipinski definition) is 2. The topological polar surface area (TPSA) is 48.1 Å². The Labute approximate surface area is 146 Å². The Morgan fingerprint density at radius 2 is 1.64 bits per heavy atom. The molecular weight excluding hydrogens is 310 g/mol. The second kappa shape index (κ2) is 6.22. The molecule has 4 rings (SSSR count). The first kappa shape index (κ1) is 15.7. The maximum atomic E-state index is 12.8. The first-order valence-electron chi connectivity index (χ1n) is 8.50. The molecule has 0 aliphatic carbocycles. The van der Waals surface area contributed by atoms with Crippen molar-refractivity contribution in [3.8, 4) is 0 Å². The van der Waals surface area contributed by atoms with Gasteiger partial charge < -0.3 is 15.2 Å². The molecule has 2 N–H and O–H groups in total. The van der Waals surface area contributed by atoms with Crippen molar-refractivity contribution in [3.63, 3.8) is 0 Å². The zero-order valence-corrected chi connectivity index (χ0v) is 14.5. The van der Waals surface area contributed by atoms with Gasteiger partial charge in [0, 0.05) is 40.5 Å². The van der Waals surface area contributed by atoms with E-state index >= 15 is 0 Å². The Hall–Kier alpha value is -2.85. The number of amides is 1. The van der Waals surface area contributed by atoms with Crippen molar-refractivity contribution in [1.82, 2.24) is 15.2 Å². The zero-order valence-electron chi connectivity index (χ0n) is 14.5. The molecule has 0 fully saturated rings. The van der Waals surface area contributed by atoms with Crippen molar-refractivity contribution in [2.75, 3.05) is 27.2 Å². The van der Waals surface area contributed by atoms with Crippen LogP contribution in [-0.4, -0.2) is 43.0 Å². The van der Waals surface area contributed by atoms with E-state index in [4.69, 9.17) is 0 Å². The minimum atomic E-state index is -0.0291. The quantitative estimate of drug-likeness (QED) is 0.598. The second-order valence-corrected chi connectivity index (χ2v) is 6.62. The van der Waals surface area contributed by atoms with Crippen LogP contribution in [0.15, 0.2) is 54.6 Å². The molecule has 0 bridgehead atoms. The van der Waals surface area contributed by atoms with E-state index in [1.807, 2.05) is 50.5 Å². The Bertz CT molecular complexity index is 1080. The third-order valence-electron chi connectivity index (χ3n) is 4.60. The smallest absolute Gasteiger partial charge is 0.252 e. The van der Waals surface area contributed by atoms with Gasteiger partial charge in [-0.3, -0.25) is 4.79 Å². The molecule has 126 valence electrons. The molecule has 0 saturated carbocycles. The number of likely N-dealkylation sites (N-methyl/N-ethyl adjacent to an activating group) is 1. The molecule has 4 nitrogen and oxygen atoms in total. The molecule has 1 amide bonds. The molecule has 0 unspecified atom stereocenters. The molecule has 0 aliphatic heterocycles. The maximum Gasteiger partial charge on any atom is 0.252 e. The van der Waals surface area contributed by atoms with Crippen LogP contribution in [0.3, 0.4) is 0 Å². The average Bonchev–Trinajstić information content (AvgIpc) is 2.99. The number of carbonyl (C=O) groups is 1. The maximum absolute atomic E-state index is 12.8. The lowest BCUT2D eigenvalue weighted by Crippen LogP contribution is -2.31. The van der Waals surface area contributed by atoms with E-state index in [0.717, 1.165) is 28.4 Å². The molecule has 1 aromatic heterocycles. The zero-order chi connectivity index (χ0) is 17.4. The number of aromatic amines is 1. The molecule has 1 heterocycles. The van der Waals surface area contributed by atoms with Gasteiger partial charge in [-0.1, -0.05) is 42.5 Å². The summed E-state index contributed by atoms with van der Waals surface area (Å²) in [5.74, 6) is -0.0291. The molecule has 4 aromatic rings. The predicted octanol–water partition coefficient (Wildman–Crippen LogP) is 3.77. The summed E-state index contributed by atoms with van der Waals surface area (Å²) < 4.78 is 0. The number of para-hydroxylation sites is 1. The molecule has 0 aliphatic rings. The van der Waals surface area contributed by atoms with Gasteiger partial charge >= 0.3 is 0 Å². The summed E-state index contributed by atoms with van der Waals surface area (Å²) in [7, 11) is 4.00. The Kier molecular flexibility index (Phi) is 3.90. The highest BCUT2D eigenvalue weighted by atomic mass is 16.1. The summed E-state index contributed by atoms with van der Waals surface area (Å²) in [5.41, 5.74) is 2.80. The molecule has 25 heavy (non-hydrogen) atoms. The summed E-state index contributed by atoms with van der Waals surface area (Å²) in [5, 5.41) is 7.49. The van der Waals surface area contributed by atoms with E-state index in [1.54, 1.807) is 0 Å². The van der Waals surface area contributed by atoms with Gasteiger partial charge in [-0.05, 0) is 37.0 Å². The van der Waals surface area contributed by atoms with Crippen LogP contribution >= 0.6 is 0 Å². The van der Waals surface area contributed by atoms with E-state index < -0.39 is 0 Å².